The molecule has 1 atom stereocenters. The van der Waals surface area contributed by atoms with Crippen molar-refractivity contribution in [1.29, 1.82) is 0 Å². The van der Waals surface area contributed by atoms with Crippen LogP contribution in [0.4, 0.5) is 13.2 Å². The van der Waals surface area contributed by atoms with Crippen molar-refractivity contribution in [3.05, 3.63) is 88.5 Å². The number of aromatic nitrogens is 4. The van der Waals surface area contributed by atoms with Gasteiger partial charge in [0, 0.05) is 22.6 Å². The van der Waals surface area contributed by atoms with E-state index in [1.54, 1.807) is 17.5 Å². The summed E-state index contributed by atoms with van der Waals surface area (Å²) in [4.78, 5) is 8.25. The van der Waals surface area contributed by atoms with Crippen LogP contribution in [0, 0.1) is 17.5 Å². The van der Waals surface area contributed by atoms with Crippen LogP contribution >= 0.6 is 11.3 Å². The monoisotopic (exact) mass is 402 g/mol. The highest BCUT2D eigenvalue weighted by Gasteiger charge is 2.38. The number of benzene rings is 2. The topological polar surface area (TPSA) is 63.8 Å². The molecule has 4 aromatic rings. The molecule has 9 heteroatoms. The van der Waals surface area contributed by atoms with Gasteiger partial charge in [0.15, 0.2) is 5.60 Å². The van der Waals surface area contributed by atoms with Crippen LogP contribution in [-0.4, -0.2) is 24.9 Å². The van der Waals surface area contributed by atoms with E-state index in [0.717, 1.165) is 17.4 Å². The molecule has 0 spiro atoms. The molecule has 0 fully saturated rings. The van der Waals surface area contributed by atoms with Gasteiger partial charge in [0.25, 0.3) is 0 Å². The summed E-state index contributed by atoms with van der Waals surface area (Å²) in [5.74, 6) is -2.04. The molecular weight excluding hydrogens is 389 g/mol. The van der Waals surface area contributed by atoms with Crippen LogP contribution in [0.5, 0.6) is 0 Å². The van der Waals surface area contributed by atoms with Crippen molar-refractivity contribution < 1.29 is 18.3 Å². The average Bonchev–Trinajstić information content (AvgIpc) is 3.34. The molecule has 2 heterocycles. The fourth-order valence-electron chi connectivity index (χ4n) is 2.86. The highest BCUT2D eigenvalue weighted by molar-refractivity contribution is 7.10. The Labute approximate surface area is 161 Å². The fourth-order valence-corrected chi connectivity index (χ4v) is 3.79. The Bertz CT molecular complexity index is 1100. The van der Waals surface area contributed by atoms with Gasteiger partial charge in [-0.2, -0.15) is 5.10 Å². The third-order valence-electron chi connectivity index (χ3n) is 4.23. The zero-order valence-electron chi connectivity index (χ0n) is 14.3. The van der Waals surface area contributed by atoms with E-state index in [1.807, 2.05) is 0 Å². The molecule has 1 N–H and O–H groups in total. The van der Waals surface area contributed by atoms with Crippen LogP contribution < -0.4 is 0 Å². The summed E-state index contributed by atoms with van der Waals surface area (Å²) in [7, 11) is 0. The second kappa shape index (κ2) is 7.17. The highest BCUT2D eigenvalue weighted by Crippen LogP contribution is 2.37. The SMILES string of the molecule is OC(Cn1cncn1)(c1nc(-c2ccc(F)cc2)cs1)c1ccc(F)cc1F. The van der Waals surface area contributed by atoms with Gasteiger partial charge >= 0.3 is 0 Å². The zero-order chi connectivity index (χ0) is 19.7. The molecule has 0 aliphatic carbocycles. The Balaban J connectivity index is 1.80. The van der Waals surface area contributed by atoms with E-state index in [0.29, 0.717) is 17.3 Å². The second-order valence-corrected chi connectivity index (χ2v) is 6.98. The van der Waals surface area contributed by atoms with E-state index in [-0.39, 0.29) is 22.9 Å². The molecule has 0 aliphatic rings. The average molecular weight is 402 g/mol. The maximum absolute atomic E-state index is 14.5. The van der Waals surface area contributed by atoms with Crippen LogP contribution in [0.3, 0.4) is 0 Å². The van der Waals surface area contributed by atoms with Crippen molar-refractivity contribution in [3.8, 4) is 11.3 Å². The minimum absolute atomic E-state index is 0.135. The van der Waals surface area contributed by atoms with Gasteiger partial charge in [-0.15, -0.1) is 11.3 Å². The number of aliphatic hydroxyl groups is 1. The molecule has 0 saturated heterocycles. The van der Waals surface area contributed by atoms with Crippen LogP contribution in [0.1, 0.15) is 10.6 Å². The molecule has 28 heavy (non-hydrogen) atoms. The van der Waals surface area contributed by atoms with Crippen molar-refractivity contribution in [2.75, 3.05) is 0 Å². The zero-order valence-corrected chi connectivity index (χ0v) is 15.1. The van der Waals surface area contributed by atoms with Crippen molar-refractivity contribution in [2.45, 2.75) is 12.1 Å². The first-order chi connectivity index (χ1) is 13.5. The lowest BCUT2D eigenvalue weighted by Crippen LogP contribution is -2.34. The minimum Gasteiger partial charge on any atom is -0.376 e. The van der Waals surface area contributed by atoms with Gasteiger partial charge in [0.1, 0.15) is 35.1 Å². The highest BCUT2D eigenvalue weighted by atomic mass is 32.1. The van der Waals surface area contributed by atoms with Gasteiger partial charge in [-0.05, 0) is 36.4 Å². The van der Waals surface area contributed by atoms with Crippen LogP contribution in [0.2, 0.25) is 0 Å². The van der Waals surface area contributed by atoms with Crippen molar-refractivity contribution >= 4 is 11.3 Å². The van der Waals surface area contributed by atoms with E-state index in [1.165, 1.54) is 35.5 Å². The summed E-state index contributed by atoms with van der Waals surface area (Å²) in [5.41, 5.74) is -0.899. The molecule has 2 aromatic heterocycles. The van der Waals surface area contributed by atoms with Gasteiger partial charge < -0.3 is 5.11 Å². The molecule has 142 valence electrons. The predicted molar refractivity (Wildman–Crippen MR) is 96.9 cm³/mol. The van der Waals surface area contributed by atoms with E-state index in [2.05, 4.69) is 15.1 Å². The first-order valence-electron chi connectivity index (χ1n) is 8.18. The lowest BCUT2D eigenvalue weighted by Gasteiger charge is -2.26. The molecule has 5 nitrogen and oxygen atoms in total. The molecule has 0 radical (unpaired) electrons. The quantitative estimate of drug-likeness (QED) is 0.552. The Morgan fingerprint density at radius 3 is 2.46 bits per heavy atom. The molecule has 1 unspecified atom stereocenters. The summed E-state index contributed by atoms with van der Waals surface area (Å²) in [6.45, 7) is -0.175. The summed E-state index contributed by atoms with van der Waals surface area (Å²) in [5, 5.41) is 17.3. The van der Waals surface area contributed by atoms with Crippen LogP contribution in [0.25, 0.3) is 11.3 Å². The predicted octanol–water partition coefficient (Wildman–Crippen LogP) is 3.76. The number of nitrogens with zero attached hydrogens (tertiary/aromatic N) is 4. The normalized spacial score (nSPS) is 13.4. The van der Waals surface area contributed by atoms with Crippen molar-refractivity contribution in [3.63, 3.8) is 0 Å². The van der Waals surface area contributed by atoms with Crippen molar-refractivity contribution in [2.24, 2.45) is 0 Å². The number of thiazole rings is 1. The van der Waals surface area contributed by atoms with E-state index < -0.39 is 17.2 Å². The summed E-state index contributed by atoms with van der Waals surface area (Å²) in [6, 6.07) is 8.67. The van der Waals surface area contributed by atoms with E-state index in [4.69, 9.17) is 0 Å². The maximum Gasteiger partial charge on any atom is 0.163 e. The maximum atomic E-state index is 14.5. The van der Waals surface area contributed by atoms with Gasteiger partial charge in [-0.3, -0.25) is 0 Å². The Kier molecular flexibility index (Phi) is 4.70. The Morgan fingerprint density at radius 2 is 1.79 bits per heavy atom. The van der Waals surface area contributed by atoms with Gasteiger partial charge in [0.2, 0.25) is 0 Å². The molecule has 0 aliphatic heterocycles. The van der Waals surface area contributed by atoms with E-state index in [9.17, 15) is 18.3 Å². The summed E-state index contributed by atoms with van der Waals surface area (Å²) < 4.78 is 42.4. The number of rotatable bonds is 5. The Hall–Kier alpha value is -3.04. The standard InChI is InChI=1S/C19H13F3N4OS/c20-13-3-1-12(2-4-13)17-8-28-18(25-17)19(27,9-26-11-23-10-24-26)15-6-5-14(21)7-16(15)22/h1-8,10-11,27H,9H2. The summed E-state index contributed by atoms with van der Waals surface area (Å²) in [6.07, 6.45) is 2.66. The third kappa shape index (κ3) is 3.41. The lowest BCUT2D eigenvalue weighted by atomic mass is 9.93. The fraction of sp³-hybridized carbons (Fsp3) is 0.105. The number of halogens is 3. The third-order valence-corrected chi connectivity index (χ3v) is 5.23. The minimum atomic E-state index is -1.91. The molecule has 0 saturated carbocycles. The first kappa shape index (κ1) is 18.3. The van der Waals surface area contributed by atoms with Crippen LogP contribution in [0.15, 0.2) is 60.5 Å². The Morgan fingerprint density at radius 1 is 1.04 bits per heavy atom. The smallest absolute Gasteiger partial charge is 0.163 e. The van der Waals surface area contributed by atoms with E-state index >= 15 is 0 Å². The van der Waals surface area contributed by atoms with Gasteiger partial charge in [-0.25, -0.2) is 27.8 Å². The number of hydrogen-bond donors (Lipinski definition) is 1. The molecule has 0 amide bonds. The molecule has 2 aromatic carbocycles. The lowest BCUT2D eigenvalue weighted by molar-refractivity contribution is 0.0533. The second-order valence-electron chi connectivity index (χ2n) is 6.12. The number of hydrogen-bond acceptors (Lipinski definition) is 5. The van der Waals surface area contributed by atoms with Crippen LogP contribution in [-0.2, 0) is 12.1 Å². The molecule has 0 bridgehead atoms. The largest absolute Gasteiger partial charge is 0.376 e. The molecule has 4 rings (SSSR count). The summed E-state index contributed by atoms with van der Waals surface area (Å²) >= 11 is 1.11. The first-order valence-corrected chi connectivity index (χ1v) is 9.06. The van der Waals surface area contributed by atoms with Crippen molar-refractivity contribution in [1.82, 2.24) is 19.7 Å². The van der Waals surface area contributed by atoms with Gasteiger partial charge in [-0.1, -0.05) is 0 Å². The molecular formula is C19H13F3N4OS. The van der Waals surface area contributed by atoms with Gasteiger partial charge in [0.05, 0.1) is 12.2 Å².